The Kier molecular flexibility index (Phi) is 3.12. The van der Waals surface area contributed by atoms with Crippen molar-refractivity contribution in [3.8, 4) is 0 Å². The summed E-state index contributed by atoms with van der Waals surface area (Å²) in [7, 11) is 0. The number of rotatable bonds is 1. The maximum Gasteiger partial charge on any atom is 0.128 e. The number of hydrogen-bond acceptors (Lipinski definition) is 3. The molecule has 1 saturated heterocycles. The summed E-state index contributed by atoms with van der Waals surface area (Å²) in [4.78, 5) is 6.34. The normalized spacial score (nSPS) is 26.7. The molecular weight excluding hydrogens is 212 g/mol. The van der Waals surface area contributed by atoms with Gasteiger partial charge in [-0.1, -0.05) is 18.5 Å². The standard InChI is InChI=1S/C11H15ClN2O/c1-8-4-5-14(7-10(8)15)11-3-2-9(12)6-13-11/h2-3,6,8,10,15H,4-5,7H2,1H3. The molecule has 0 saturated carbocycles. The van der Waals surface area contributed by atoms with Gasteiger partial charge in [-0.2, -0.15) is 0 Å². The van der Waals surface area contributed by atoms with Gasteiger partial charge in [-0.05, 0) is 24.5 Å². The Bertz CT molecular complexity index is 328. The van der Waals surface area contributed by atoms with Crippen molar-refractivity contribution in [2.75, 3.05) is 18.0 Å². The summed E-state index contributed by atoms with van der Waals surface area (Å²) < 4.78 is 0. The van der Waals surface area contributed by atoms with E-state index >= 15 is 0 Å². The number of pyridine rings is 1. The van der Waals surface area contributed by atoms with E-state index in [0.717, 1.165) is 18.8 Å². The van der Waals surface area contributed by atoms with E-state index in [4.69, 9.17) is 11.6 Å². The first-order valence-corrected chi connectivity index (χ1v) is 5.59. The number of halogens is 1. The summed E-state index contributed by atoms with van der Waals surface area (Å²) in [6, 6.07) is 3.72. The first-order valence-electron chi connectivity index (χ1n) is 5.21. The van der Waals surface area contributed by atoms with Crippen molar-refractivity contribution in [1.29, 1.82) is 0 Å². The van der Waals surface area contributed by atoms with Gasteiger partial charge < -0.3 is 10.0 Å². The molecule has 4 heteroatoms. The van der Waals surface area contributed by atoms with E-state index < -0.39 is 0 Å². The second-order valence-electron chi connectivity index (χ2n) is 4.11. The lowest BCUT2D eigenvalue weighted by molar-refractivity contribution is 0.102. The summed E-state index contributed by atoms with van der Waals surface area (Å²) in [6.45, 7) is 3.69. The van der Waals surface area contributed by atoms with Crippen LogP contribution in [0.15, 0.2) is 18.3 Å². The Labute approximate surface area is 94.7 Å². The largest absolute Gasteiger partial charge is 0.391 e. The first kappa shape index (κ1) is 10.7. The average Bonchev–Trinajstić information content (AvgIpc) is 2.23. The topological polar surface area (TPSA) is 36.4 Å². The molecule has 2 atom stereocenters. The fraction of sp³-hybridized carbons (Fsp3) is 0.545. The van der Waals surface area contributed by atoms with Gasteiger partial charge in [0.05, 0.1) is 11.1 Å². The van der Waals surface area contributed by atoms with Crippen molar-refractivity contribution in [1.82, 2.24) is 4.98 Å². The van der Waals surface area contributed by atoms with Crippen LogP contribution in [0.3, 0.4) is 0 Å². The molecule has 0 amide bonds. The third kappa shape index (κ3) is 2.41. The Balaban J connectivity index is 2.08. The van der Waals surface area contributed by atoms with E-state index in [9.17, 15) is 5.11 Å². The van der Waals surface area contributed by atoms with Crippen molar-refractivity contribution in [2.45, 2.75) is 19.4 Å². The van der Waals surface area contributed by atoms with E-state index in [1.165, 1.54) is 0 Å². The number of anilines is 1. The molecule has 1 aliphatic rings. The number of aromatic nitrogens is 1. The molecule has 1 aromatic rings. The summed E-state index contributed by atoms with van der Waals surface area (Å²) >= 11 is 5.77. The molecule has 0 radical (unpaired) electrons. The third-order valence-electron chi connectivity index (χ3n) is 2.95. The zero-order valence-electron chi connectivity index (χ0n) is 8.73. The lowest BCUT2D eigenvalue weighted by atomic mass is 9.96. The molecule has 1 aromatic heterocycles. The summed E-state index contributed by atoms with van der Waals surface area (Å²) in [5.74, 6) is 1.28. The summed E-state index contributed by atoms with van der Waals surface area (Å²) in [5.41, 5.74) is 0. The zero-order chi connectivity index (χ0) is 10.8. The monoisotopic (exact) mass is 226 g/mol. The van der Waals surface area contributed by atoms with Gasteiger partial charge in [-0.25, -0.2) is 4.98 Å². The van der Waals surface area contributed by atoms with Crippen LogP contribution in [0.1, 0.15) is 13.3 Å². The average molecular weight is 227 g/mol. The minimum atomic E-state index is -0.253. The molecule has 1 aliphatic heterocycles. The second kappa shape index (κ2) is 4.37. The summed E-state index contributed by atoms with van der Waals surface area (Å²) in [6.07, 6.45) is 2.39. The smallest absolute Gasteiger partial charge is 0.128 e. The zero-order valence-corrected chi connectivity index (χ0v) is 9.48. The molecule has 82 valence electrons. The highest BCUT2D eigenvalue weighted by Gasteiger charge is 2.24. The molecule has 0 aromatic carbocycles. The highest BCUT2D eigenvalue weighted by molar-refractivity contribution is 6.30. The van der Waals surface area contributed by atoms with Gasteiger partial charge >= 0.3 is 0 Å². The van der Waals surface area contributed by atoms with E-state index in [1.54, 1.807) is 6.20 Å². The van der Waals surface area contributed by atoms with Crippen LogP contribution in [-0.4, -0.2) is 29.3 Å². The van der Waals surface area contributed by atoms with Crippen molar-refractivity contribution < 1.29 is 5.11 Å². The van der Waals surface area contributed by atoms with E-state index in [0.29, 0.717) is 17.5 Å². The molecule has 2 unspecified atom stereocenters. The number of piperidine rings is 1. The van der Waals surface area contributed by atoms with Crippen LogP contribution in [0.5, 0.6) is 0 Å². The number of β-amino-alcohol motifs (C(OH)–C–C–N with tert-alkyl or cyclic N) is 1. The second-order valence-corrected chi connectivity index (χ2v) is 4.55. The molecule has 0 bridgehead atoms. The molecule has 1 N–H and O–H groups in total. The molecule has 3 nitrogen and oxygen atoms in total. The molecule has 1 fully saturated rings. The highest BCUT2D eigenvalue weighted by Crippen LogP contribution is 2.22. The van der Waals surface area contributed by atoms with Crippen LogP contribution in [-0.2, 0) is 0 Å². The van der Waals surface area contributed by atoms with E-state index in [1.807, 2.05) is 12.1 Å². The quantitative estimate of drug-likeness (QED) is 0.795. The predicted octanol–water partition coefficient (Wildman–Crippen LogP) is 1.94. The number of nitrogens with zero attached hydrogens (tertiary/aromatic N) is 2. The molecule has 2 heterocycles. The first-order chi connectivity index (χ1) is 7.16. The van der Waals surface area contributed by atoms with Gasteiger partial charge in [0.1, 0.15) is 5.82 Å². The Morgan fingerprint density at radius 1 is 1.53 bits per heavy atom. The number of hydrogen-bond donors (Lipinski definition) is 1. The van der Waals surface area contributed by atoms with Gasteiger partial charge in [0, 0.05) is 19.3 Å². The maximum atomic E-state index is 9.77. The number of aliphatic hydroxyl groups is 1. The molecule has 0 spiro atoms. The van der Waals surface area contributed by atoms with Crippen LogP contribution in [0, 0.1) is 5.92 Å². The Hall–Kier alpha value is -0.800. The van der Waals surface area contributed by atoms with E-state index in [2.05, 4.69) is 16.8 Å². The van der Waals surface area contributed by atoms with Gasteiger partial charge in [0.15, 0.2) is 0 Å². The molecule has 2 rings (SSSR count). The number of aliphatic hydroxyl groups excluding tert-OH is 1. The van der Waals surface area contributed by atoms with Crippen molar-refractivity contribution >= 4 is 17.4 Å². The lowest BCUT2D eigenvalue weighted by Gasteiger charge is -2.34. The van der Waals surface area contributed by atoms with Crippen LogP contribution >= 0.6 is 11.6 Å². The SMILES string of the molecule is CC1CCN(c2ccc(Cl)cn2)CC1O. The van der Waals surface area contributed by atoms with Gasteiger partial charge in [-0.15, -0.1) is 0 Å². The molecule has 0 aliphatic carbocycles. The fourth-order valence-corrected chi connectivity index (χ4v) is 1.92. The van der Waals surface area contributed by atoms with E-state index in [-0.39, 0.29) is 6.10 Å². The lowest BCUT2D eigenvalue weighted by Crippen LogP contribution is -2.43. The van der Waals surface area contributed by atoms with Crippen molar-refractivity contribution in [2.24, 2.45) is 5.92 Å². The minimum Gasteiger partial charge on any atom is -0.391 e. The van der Waals surface area contributed by atoms with Crippen molar-refractivity contribution in [3.63, 3.8) is 0 Å². The van der Waals surface area contributed by atoms with Crippen LogP contribution in [0.4, 0.5) is 5.82 Å². The van der Waals surface area contributed by atoms with Gasteiger partial charge in [-0.3, -0.25) is 0 Å². The van der Waals surface area contributed by atoms with Crippen LogP contribution in [0.2, 0.25) is 5.02 Å². The van der Waals surface area contributed by atoms with Crippen molar-refractivity contribution in [3.05, 3.63) is 23.4 Å². The third-order valence-corrected chi connectivity index (χ3v) is 3.18. The van der Waals surface area contributed by atoms with Gasteiger partial charge in [0.2, 0.25) is 0 Å². The maximum absolute atomic E-state index is 9.77. The van der Waals surface area contributed by atoms with Gasteiger partial charge in [0.25, 0.3) is 0 Å². The fourth-order valence-electron chi connectivity index (χ4n) is 1.81. The molecular formula is C11H15ClN2O. The van der Waals surface area contributed by atoms with Crippen LogP contribution in [0.25, 0.3) is 0 Å². The highest BCUT2D eigenvalue weighted by atomic mass is 35.5. The Morgan fingerprint density at radius 2 is 2.33 bits per heavy atom. The predicted molar refractivity (Wildman–Crippen MR) is 61.2 cm³/mol. The van der Waals surface area contributed by atoms with Crippen LogP contribution < -0.4 is 4.90 Å². The minimum absolute atomic E-state index is 0.253. The Morgan fingerprint density at radius 3 is 2.93 bits per heavy atom. The molecule has 15 heavy (non-hydrogen) atoms. The summed E-state index contributed by atoms with van der Waals surface area (Å²) in [5, 5.41) is 10.4.